The third-order valence-corrected chi connectivity index (χ3v) is 6.51. The first kappa shape index (κ1) is 30.7. The van der Waals surface area contributed by atoms with Gasteiger partial charge in [0.15, 0.2) is 0 Å². The molecule has 1 unspecified atom stereocenters. The molecule has 0 saturated heterocycles. The van der Waals surface area contributed by atoms with Gasteiger partial charge in [-0.05, 0) is 19.3 Å². The standard InChI is InChI=1S/C21H44O4S.K/c1-2-3-4-5-6-9-12-15-18-21(26(23,24)25)19-16-13-10-7-8-11-14-17-20-22;/h21-22H,2-20H2,1H3,(H,23,24,25);/q;+1/p-1. The van der Waals surface area contributed by atoms with Crippen LogP contribution in [-0.4, -0.2) is 29.9 Å². The van der Waals surface area contributed by atoms with Crippen LogP contribution in [0.5, 0.6) is 0 Å². The molecule has 6 heteroatoms. The van der Waals surface area contributed by atoms with E-state index >= 15 is 0 Å². The molecule has 0 radical (unpaired) electrons. The van der Waals surface area contributed by atoms with Crippen molar-refractivity contribution in [3.63, 3.8) is 0 Å². The molecule has 0 aromatic carbocycles. The summed E-state index contributed by atoms with van der Waals surface area (Å²) in [5.74, 6) is 0. The van der Waals surface area contributed by atoms with E-state index in [9.17, 15) is 13.0 Å². The van der Waals surface area contributed by atoms with Crippen molar-refractivity contribution in [3.8, 4) is 0 Å². The molecule has 0 aromatic rings. The van der Waals surface area contributed by atoms with Crippen molar-refractivity contribution in [3.05, 3.63) is 0 Å². The van der Waals surface area contributed by atoms with E-state index in [-0.39, 0.29) is 58.0 Å². The molecule has 1 N–H and O–H groups in total. The first-order chi connectivity index (χ1) is 12.5. The molecular formula is C21H43KO4S. The van der Waals surface area contributed by atoms with Crippen molar-refractivity contribution in [2.45, 2.75) is 128 Å². The normalized spacial score (nSPS) is 12.7. The molecule has 1 atom stereocenters. The predicted octanol–water partition coefficient (Wildman–Crippen LogP) is 2.94. The van der Waals surface area contributed by atoms with Crippen LogP contribution in [-0.2, 0) is 10.1 Å². The van der Waals surface area contributed by atoms with Crippen molar-refractivity contribution in [2.24, 2.45) is 0 Å². The van der Waals surface area contributed by atoms with Gasteiger partial charge < -0.3 is 9.66 Å². The minimum Gasteiger partial charge on any atom is -0.748 e. The van der Waals surface area contributed by atoms with Gasteiger partial charge in [-0.25, -0.2) is 8.42 Å². The van der Waals surface area contributed by atoms with Gasteiger partial charge in [0.25, 0.3) is 0 Å². The predicted molar refractivity (Wildman–Crippen MR) is 109 cm³/mol. The second-order valence-electron chi connectivity index (χ2n) is 7.72. The quantitative estimate of drug-likeness (QED) is 0.183. The first-order valence-corrected chi connectivity index (χ1v) is 12.5. The van der Waals surface area contributed by atoms with Gasteiger partial charge >= 0.3 is 51.4 Å². The number of aliphatic hydroxyl groups is 1. The van der Waals surface area contributed by atoms with Gasteiger partial charge in [-0.3, -0.25) is 0 Å². The van der Waals surface area contributed by atoms with Gasteiger partial charge in [-0.1, -0.05) is 103 Å². The van der Waals surface area contributed by atoms with Gasteiger partial charge in [0.2, 0.25) is 0 Å². The zero-order valence-electron chi connectivity index (χ0n) is 18.1. The monoisotopic (exact) mass is 430 g/mol. The van der Waals surface area contributed by atoms with Crippen molar-refractivity contribution >= 4 is 10.1 Å². The molecule has 0 aliphatic heterocycles. The average molecular weight is 431 g/mol. The second kappa shape index (κ2) is 22.2. The molecule has 27 heavy (non-hydrogen) atoms. The third kappa shape index (κ3) is 22.0. The summed E-state index contributed by atoms with van der Waals surface area (Å²) in [5.41, 5.74) is 0. The zero-order chi connectivity index (χ0) is 19.5. The molecule has 0 fully saturated rings. The van der Waals surface area contributed by atoms with E-state index in [4.69, 9.17) is 5.11 Å². The molecule has 0 aromatic heterocycles. The molecule has 0 aliphatic rings. The number of hydrogen-bond acceptors (Lipinski definition) is 4. The fraction of sp³-hybridized carbons (Fsp3) is 1.00. The first-order valence-electron chi connectivity index (χ1n) is 11.1. The van der Waals surface area contributed by atoms with Crippen LogP contribution >= 0.6 is 0 Å². The Balaban J connectivity index is 0. The summed E-state index contributed by atoms with van der Waals surface area (Å²) in [6.07, 6.45) is 19.0. The van der Waals surface area contributed by atoms with Crippen LogP contribution in [0, 0.1) is 0 Å². The smallest absolute Gasteiger partial charge is 0.748 e. The van der Waals surface area contributed by atoms with Crippen molar-refractivity contribution in [2.75, 3.05) is 6.61 Å². The maximum Gasteiger partial charge on any atom is 1.00 e. The maximum absolute atomic E-state index is 11.5. The molecule has 0 amide bonds. The van der Waals surface area contributed by atoms with E-state index < -0.39 is 15.4 Å². The van der Waals surface area contributed by atoms with Gasteiger partial charge in [0, 0.05) is 11.9 Å². The number of hydrogen-bond donors (Lipinski definition) is 1. The Morgan fingerprint density at radius 2 is 1.00 bits per heavy atom. The van der Waals surface area contributed by atoms with E-state index in [1.54, 1.807) is 0 Å². The summed E-state index contributed by atoms with van der Waals surface area (Å²) in [7, 11) is -4.15. The zero-order valence-corrected chi connectivity index (χ0v) is 22.0. The van der Waals surface area contributed by atoms with Gasteiger partial charge in [-0.2, -0.15) is 0 Å². The minimum absolute atomic E-state index is 0. The Kier molecular flexibility index (Phi) is 25.2. The summed E-state index contributed by atoms with van der Waals surface area (Å²) >= 11 is 0. The number of aliphatic hydroxyl groups excluding tert-OH is 1. The molecule has 158 valence electrons. The fourth-order valence-electron chi connectivity index (χ4n) is 3.48. The Morgan fingerprint density at radius 1 is 0.667 bits per heavy atom. The summed E-state index contributed by atoms with van der Waals surface area (Å²) < 4.78 is 34.4. The molecule has 0 heterocycles. The van der Waals surface area contributed by atoms with E-state index in [1.165, 1.54) is 38.5 Å². The summed E-state index contributed by atoms with van der Waals surface area (Å²) in [5, 5.41) is 8.04. The van der Waals surface area contributed by atoms with Crippen LogP contribution in [0.2, 0.25) is 0 Å². The topological polar surface area (TPSA) is 77.4 Å². The van der Waals surface area contributed by atoms with E-state index in [1.807, 2.05) is 0 Å². The summed E-state index contributed by atoms with van der Waals surface area (Å²) in [4.78, 5) is 0. The van der Waals surface area contributed by atoms with E-state index in [0.717, 1.165) is 64.2 Å². The second-order valence-corrected chi connectivity index (χ2v) is 9.37. The molecule has 4 nitrogen and oxygen atoms in total. The SMILES string of the molecule is CCCCCCCCCCC(CCCCCCCCCCO)S(=O)(=O)[O-].[K+]. The van der Waals surface area contributed by atoms with Crippen LogP contribution in [0.25, 0.3) is 0 Å². The summed E-state index contributed by atoms with van der Waals surface area (Å²) in [6, 6.07) is 0. The summed E-state index contributed by atoms with van der Waals surface area (Å²) in [6.45, 7) is 2.49. The van der Waals surface area contributed by atoms with Crippen molar-refractivity contribution in [1.82, 2.24) is 0 Å². The molecule has 0 aliphatic carbocycles. The Hall–Kier alpha value is 1.51. The number of rotatable bonds is 20. The van der Waals surface area contributed by atoms with Crippen molar-refractivity contribution in [1.29, 1.82) is 0 Å². The molecular weight excluding hydrogens is 387 g/mol. The molecule has 0 rings (SSSR count). The third-order valence-electron chi connectivity index (χ3n) is 5.22. The minimum atomic E-state index is -4.15. The van der Waals surface area contributed by atoms with Crippen molar-refractivity contribution < 1.29 is 69.5 Å². The Morgan fingerprint density at radius 3 is 1.33 bits per heavy atom. The Bertz CT molecular complexity index is 388. The molecule has 0 saturated carbocycles. The fourth-order valence-corrected chi connectivity index (χ4v) is 4.39. The largest absolute Gasteiger partial charge is 1.00 e. The van der Waals surface area contributed by atoms with E-state index in [0.29, 0.717) is 12.8 Å². The molecule has 0 bridgehead atoms. The van der Waals surface area contributed by atoms with Crippen LogP contribution in [0.15, 0.2) is 0 Å². The van der Waals surface area contributed by atoms with Crippen LogP contribution in [0.1, 0.15) is 122 Å². The van der Waals surface area contributed by atoms with E-state index in [2.05, 4.69) is 6.92 Å². The van der Waals surface area contributed by atoms with Gasteiger partial charge in [0.05, 0.1) is 10.1 Å². The maximum atomic E-state index is 11.5. The van der Waals surface area contributed by atoms with Gasteiger partial charge in [-0.15, -0.1) is 0 Å². The van der Waals surface area contributed by atoms with Crippen LogP contribution in [0.3, 0.4) is 0 Å². The van der Waals surface area contributed by atoms with Crippen LogP contribution in [0.4, 0.5) is 0 Å². The van der Waals surface area contributed by atoms with Gasteiger partial charge in [0.1, 0.15) is 0 Å². The molecule has 0 spiro atoms. The average Bonchev–Trinajstić information content (AvgIpc) is 2.59. The number of unbranched alkanes of at least 4 members (excludes halogenated alkanes) is 14. The van der Waals surface area contributed by atoms with Crippen LogP contribution < -0.4 is 51.4 Å². The Labute approximate surface area is 211 Å².